The molecule has 0 aromatic heterocycles. The number of halogens is 1. The Hall–Kier alpha value is -2.36. The number of hydrogen-bond donors (Lipinski definition) is 2. The van der Waals surface area contributed by atoms with E-state index in [2.05, 4.69) is 0 Å². The van der Waals surface area contributed by atoms with Crippen LogP contribution in [0.2, 0.25) is 0 Å². The van der Waals surface area contributed by atoms with E-state index < -0.39 is 17.5 Å². The first-order valence-corrected chi connectivity index (χ1v) is 5.32. The summed E-state index contributed by atoms with van der Waals surface area (Å²) in [5.74, 6) is -2.16. The van der Waals surface area contributed by atoms with Crippen LogP contribution in [0.3, 0.4) is 0 Å². The zero-order chi connectivity index (χ0) is 13.3. The van der Waals surface area contributed by atoms with Crippen LogP contribution in [0.15, 0.2) is 36.4 Å². The molecule has 0 aliphatic heterocycles. The second kappa shape index (κ2) is 4.49. The molecule has 0 heterocycles. The zero-order valence-corrected chi connectivity index (χ0v) is 9.64. The highest BCUT2D eigenvalue weighted by Gasteiger charge is 2.10. The maximum Gasteiger partial charge on any atom is 0.335 e. The first kappa shape index (κ1) is 12.1. The van der Waals surface area contributed by atoms with Gasteiger partial charge in [0.1, 0.15) is 0 Å². The summed E-state index contributed by atoms with van der Waals surface area (Å²) < 4.78 is 13.1. The smallest absolute Gasteiger partial charge is 0.335 e. The van der Waals surface area contributed by atoms with Crippen LogP contribution >= 0.6 is 0 Å². The lowest BCUT2D eigenvalue weighted by molar-refractivity contribution is 0.0697. The molecule has 0 spiro atoms. The molecular formula is C14H11FO3. The SMILES string of the molecule is Cc1cc(F)c(O)cc1-c1cccc(C(=O)O)c1. The third kappa shape index (κ3) is 2.18. The number of carbonyl (C=O) groups is 1. The summed E-state index contributed by atoms with van der Waals surface area (Å²) in [6.45, 7) is 1.70. The molecule has 92 valence electrons. The van der Waals surface area contributed by atoms with Gasteiger partial charge in [-0.05, 0) is 47.9 Å². The molecule has 2 aromatic rings. The van der Waals surface area contributed by atoms with Gasteiger partial charge in [-0.15, -0.1) is 0 Å². The van der Waals surface area contributed by atoms with Crippen molar-refractivity contribution < 1.29 is 19.4 Å². The first-order valence-electron chi connectivity index (χ1n) is 5.32. The quantitative estimate of drug-likeness (QED) is 0.855. The van der Waals surface area contributed by atoms with Crippen molar-refractivity contribution in [1.29, 1.82) is 0 Å². The predicted molar refractivity (Wildman–Crippen MR) is 65.2 cm³/mol. The molecule has 0 saturated carbocycles. The molecule has 0 atom stereocenters. The summed E-state index contributed by atoms with van der Waals surface area (Å²) in [4.78, 5) is 10.9. The molecule has 3 nitrogen and oxygen atoms in total. The molecule has 0 aliphatic carbocycles. The zero-order valence-electron chi connectivity index (χ0n) is 9.64. The van der Waals surface area contributed by atoms with Gasteiger partial charge in [0.25, 0.3) is 0 Å². The van der Waals surface area contributed by atoms with Gasteiger partial charge >= 0.3 is 5.97 Å². The molecule has 0 fully saturated rings. The maximum atomic E-state index is 13.1. The number of hydrogen-bond acceptors (Lipinski definition) is 2. The van der Waals surface area contributed by atoms with Crippen molar-refractivity contribution in [3.8, 4) is 16.9 Å². The Morgan fingerprint density at radius 1 is 1.22 bits per heavy atom. The van der Waals surface area contributed by atoms with Gasteiger partial charge in [-0.1, -0.05) is 12.1 Å². The summed E-state index contributed by atoms with van der Waals surface area (Å²) >= 11 is 0. The van der Waals surface area contributed by atoms with Gasteiger partial charge in [-0.25, -0.2) is 9.18 Å². The van der Waals surface area contributed by atoms with Crippen molar-refractivity contribution in [1.82, 2.24) is 0 Å². The van der Waals surface area contributed by atoms with Gasteiger partial charge < -0.3 is 10.2 Å². The van der Waals surface area contributed by atoms with Crippen molar-refractivity contribution in [2.24, 2.45) is 0 Å². The Morgan fingerprint density at radius 2 is 1.94 bits per heavy atom. The van der Waals surface area contributed by atoms with Crippen LogP contribution in [0.4, 0.5) is 4.39 Å². The Balaban J connectivity index is 2.58. The van der Waals surface area contributed by atoms with E-state index in [1.165, 1.54) is 24.3 Å². The number of aryl methyl sites for hydroxylation is 1. The van der Waals surface area contributed by atoms with E-state index in [1.807, 2.05) is 0 Å². The molecule has 18 heavy (non-hydrogen) atoms. The third-order valence-electron chi connectivity index (χ3n) is 2.71. The number of carboxylic acid groups (broad SMARTS) is 1. The van der Waals surface area contributed by atoms with Crippen molar-refractivity contribution in [2.75, 3.05) is 0 Å². The third-order valence-corrected chi connectivity index (χ3v) is 2.71. The van der Waals surface area contributed by atoms with E-state index in [0.717, 1.165) is 0 Å². The fraction of sp³-hybridized carbons (Fsp3) is 0.0714. The summed E-state index contributed by atoms with van der Waals surface area (Å²) in [5, 5.41) is 18.3. The van der Waals surface area contributed by atoms with E-state index in [-0.39, 0.29) is 5.56 Å². The summed E-state index contributed by atoms with van der Waals surface area (Å²) in [6, 6.07) is 8.81. The fourth-order valence-electron chi connectivity index (χ4n) is 1.79. The van der Waals surface area contributed by atoms with Crippen LogP contribution in [-0.4, -0.2) is 16.2 Å². The molecule has 0 radical (unpaired) electrons. The molecule has 2 N–H and O–H groups in total. The summed E-state index contributed by atoms with van der Waals surface area (Å²) in [7, 11) is 0. The van der Waals surface area contributed by atoms with E-state index in [0.29, 0.717) is 16.7 Å². The standard InChI is InChI=1S/C14H11FO3/c1-8-5-12(15)13(16)7-11(8)9-3-2-4-10(6-9)14(17)18/h2-7,16H,1H3,(H,17,18). The van der Waals surface area contributed by atoms with E-state index >= 15 is 0 Å². The Bertz CT molecular complexity index is 620. The Kier molecular flexibility index (Phi) is 3.02. The lowest BCUT2D eigenvalue weighted by Crippen LogP contribution is -1.96. The molecule has 2 rings (SSSR count). The van der Waals surface area contributed by atoms with Gasteiger partial charge in [0.2, 0.25) is 0 Å². The minimum Gasteiger partial charge on any atom is -0.505 e. The summed E-state index contributed by atoms with van der Waals surface area (Å²) in [5.41, 5.74) is 2.02. The van der Waals surface area contributed by atoms with E-state index in [4.69, 9.17) is 5.11 Å². The molecule has 2 aromatic carbocycles. The second-order valence-electron chi connectivity index (χ2n) is 4.00. The van der Waals surface area contributed by atoms with Gasteiger partial charge in [0.15, 0.2) is 11.6 Å². The van der Waals surface area contributed by atoms with Gasteiger partial charge in [0, 0.05) is 0 Å². The molecule has 0 amide bonds. The van der Waals surface area contributed by atoms with Crippen molar-refractivity contribution in [3.63, 3.8) is 0 Å². The molecule has 0 aliphatic rings. The molecular weight excluding hydrogens is 235 g/mol. The maximum absolute atomic E-state index is 13.1. The van der Waals surface area contributed by atoms with Crippen molar-refractivity contribution in [3.05, 3.63) is 53.3 Å². The number of aromatic hydroxyl groups is 1. The highest BCUT2D eigenvalue weighted by atomic mass is 19.1. The first-order chi connectivity index (χ1) is 8.49. The number of phenols is 1. The molecule has 4 heteroatoms. The average molecular weight is 246 g/mol. The summed E-state index contributed by atoms with van der Waals surface area (Å²) in [6.07, 6.45) is 0. The topological polar surface area (TPSA) is 57.5 Å². The number of benzene rings is 2. The Morgan fingerprint density at radius 3 is 2.61 bits per heavy atom. The lowest BCUT2D eigenvalue weighted by Gasteiger charge is -2.08. The van der Waals surface area contributed by atoms with Crippen LogP contribution < -0.4 is 0 Å². The Labute approximate surface area is 103 Å². The van der Waals surface area contributed by atoms with Crippen LogP contribution in [0.1, 0.15) is 15.9 Å². The minimum atomic E-state index is -1.03. The van der Waals surface area contributed by atoms with Crippen LogP contribution in [0.25, 0.3) is 11.1 Å². The largest absolute Gasteiger partial charge is 0.505 e. The minimum absolute atomic E-state index is 0.149. The lowest BCUT2D eigenvalue weighted by atomic mass is 9.98. The second-order valence-corrected chi connectivity index (χ2v) is 4.00. The molecule has 0 bridgehead atoms. The number of aromatic carboxylic acids is 1. The van der Waals surface area contributed by atoms with Gasteiger partial charge in [-0.3, -0.25) is 0 Å². The highest BCUT2D eigenvalue weighted by Crippen LogP contribution is 2.29. The van der Waals surface area contributed by atoms with Gasteiger partial charge in [0.05, 0.1) is 5.56 Å². The van der Waals surface area contributed by atoms with Crippen molar-refractivity contribution >= 4 is 5.97 Å². The number of carboxylic acids is 1. The van der Waals surface area contributed by atoms with Gasteiger partial charge in [-0.2, -0.15) is 0 Å². The van der Waals surface area contributed by atoms with Crippen LogP contribution in [0, 0.1) is 12.7 Å². The predicted octanol–water partition coefficient (Wildman–Crippen LogP) is 3.20. The molecule has 0 saturated heterocycles. The van der Waals surface area contributed by atoms with E-state index in [1.54, 1.807) is 19.1 Å². The number of phenolic OH excluding ortho intramolecular Hbond substituents is 1. The molecule has 0 unspecified atom stereocenters. The van der Waals surface area contributed by atoms with Crippen LogP contribution in [0.5, 0.6) is 5.75 Å². The highest BCUT2D eigenvalue weighted by molar-refractivity contribution is 5.89. The van der Waals surface area contributed by atoms with Crippen LogP contribution in [-0.2, 0) is 0 Å². The monoisotopic (exact) mass is 246 g/mol. The number of rotatable bonds is 2. The van der Waals surface area contributed by atoms with E-state index in [9.17, 15) is 14.3 Å². The fourth-order valence-corrected chi connectivity index (χ4v) is 1.79. The average Bonchev–Trinajstić information content (AvgIpc) is 2.34. The van der Waals surface area contributed by atoms with Crippen molar-refractivity contribution in [2.45, 2.75) is 6.92 Å². The normalized spacial score (nSPS) is 10.3.